The van der Waals surface area contributed by atoms with E-state index in [1.165, 1.54) is 18.4 Å². The largest absolute Gasteiger partial charge is 0.381 e. The first-order valence-electron chi connectivity index (χ1n) is 13.4. The first-order chi connectivity index (χ1) is 18.0. The Labute approximate surface area is 230 Å². The van der Waals surface area contributed by atoms with Crippen LogP contribution in [0.4, 0.5) is 17.6 Å². The quantitative estimate of drug-likeness (QED) is 0.519. The maximum absolute atomic E-state index is 6.16. The van der Waals surface area contributed by atoms with Gasteiger partial charge in [0.2, 0.25) is 5.95 Å². The van der Waals surface area contributed by atoms with Gasteiger partial charge in [-0.1, -0.05) is 30.7 Å². The van der Waals surface area contributed by atoms with Crippen molar-refractivity contribution in [2.75, 3.05) is 74.3 Å². The van der Waals surface area contributed by atoms with Crippen LogP contribution in [0.3, 0.4) is 0 Å². The molecule has 200 valence electrons. The van der Waals surface area contributed by atoms with Crippen molar-refractivity contribution in [1.29, 1.82) is 0 Å². The normalized spacial score (nSPS) is 21.9. The highest BCUT2D eigenvalue weighted by Crippen LogP contribution is 2.35. The molecule has 5 rings (SSSR count). The maximum atomic E-state index is 6.16. The average molecular weight is 545 g/mol. The molecule has 37 heavy (non-hydrogen) atoms. The molecule has 0 saturated carbocycles. The lowest BCUT2D eigenvalue weighted by Gasteiger charge is -2.38. The van der Waals surface area contributed by atoms with Gasteiger partial charge in [-0.3, -0.25) is 0 Å². The molecule has 3 aliphatic heterocycles. The Hall–Kier alpha value is -2.20. The predicted octanol–water partition coefficient (Wildman–Crippen LogP) is 4.24. The number of thiocarbonyl (C=S) groups is 1. The van der Waals surface area contributed by atoms with E-state index in [0.717, 1.165) is 68.9 Å². The highest BCUT2D eigenvalue weighted by atomic mass is 35.5. The highest BCUT2D eigenvalue weighted by Gasteiger charge is 2.34. The molecule has 1 atom stereocenters. The van der Waals surface area contributed by atoms with E-state index < -0.39 is 0 Å². The van der Waals surface area contributed by atoms with E-state index >= 15 is 0 Å². The summed E-state index contributed by atoms with van der Waals surface area (Å²) in [7, 11) is 0. The third-order valence-electron chi connectivity index (χ3n) is 7.73. The van der Waals surface area contributed by atoms with E-state index in [1.807, 2.05) is 12.1 Å². The van der Waals surface area contributed by atoms with Crippen LogP contribution >= 0.6 is 23.8 Å². The number of hydrogen-bond acceptors (Lipinski definition) is 7. The van der Waals surface area contributed by atoms with E-state index in [9.17, 15) is 0 Å². The number of ether oxygens (including phenoxy) is 2. The number of morpholine rings is 1. The molecule has 0 radical (unpaired) electrons. The van der Waals surface area contributed by atoms with Crippen molar-refractivity contribution in [3.8, 4) is 0 Å². The van der Waals surface area contributed by atoms with Crippen molar-refractivity contribution in [2.45, 2.75) is 38.0 Å². The molecule has 8 nitrogen and oxygen atoms in total. The van der Waals surface area contributed by atoms with Gasteiger partial charge in [0, 0.05) is 62.4 Å². The van der Waals surface area contributed by atoms with Crippen LogP contribution in [0, 0.1) is 5.92 Å². The molecule has 0 bridgehead atoms. The number of rotatable bonds is 6. The van der Waals surface area contributed by atoms with Crippen LogP contribution in [0.2, 0.25) is 5.02 Å². The lowest BCUT2D eigenvalue weighted by atomic mass is 9.74. The Kier molecular flexibility index (Phi) is 8.64. The number of piperidine rings is 1. The molecular formula is C27H37ClN6O2S. The molecule has 3 aliphatic rings. The second-order valence-corrected chi connectivity index (χ2v) is 11.3. The Morgan fingerprint density at radius 1 is 1.03 bits per heavy atom. The molecule has 3 fully saturated rings. The van der Waals surface area contributed by atoms with Gasteiger partial charge in [-0.05, 0) is 61.5 Å². The van der Waals surface area contributed by atoms with Crippen LogP contribution in [0.5, 0.6) is 0 Å². The fraction of sp³-hybridized carbons (Fsp3) is 0.593. The number of halogens is 1. The summed E-state index contributed by atoms with van der Waals surface area (Å²) >= 11 is 11.9. The molecule has 1 unspecified atom stereocenters. The summed E-state index contributed by atoms with van der Waals surface area (Å²) in [6, 6.07) is 10.3. The minimum atomic E-state index is -0.0693. The monoisotopic (exact) mass is 544 g/mol. The highest BCUT2D eigenvalue weighted by molar-refractivity contribution is 7.80. The van der Waals surface area contributed by atoms with E-state index in [0.29, 0.717) is 36.7 Å². The van der Waals surface area contributed by atoms with Crippen LogP contribution in [-0.2, 0) is 14.9 Å². The minimum Gasteiger partial charge on any atom is -0.381 e. The SMILES string of the molecule is CC1CCCN(c2cc(N3CCOCC3)nc(NC(=S)NCC3(c4ccc(Cl)cc4)CCOCC3)n2)C1. The Morgan fingerprint density at radius 3 is 2.41 bits per heavy atom. The molecule has 0 aliphatic carbocycles. The molecule has 10 heteroatoms. The van der Waals surface area contributed by atoms with Gasteiger partial charge in [0.25, 0.3) is 0 Å². The zero-order valence-corrected chi connectivity index (χ0v) is 23.1. The average Bonchev–Trinajstić information content (AvgIpc) is 2.93. The fourth-order valence-electron chi connectivity index (χ4n) is 5.52. The van der Waals surface area contributed by atoms with Gasteiger partial charge in [0.05, 0.1) is 13.2 Å². The molecular weight excluding hydrogens is 508 g/mol. The summed E-state index contributed by atoms with van der Waals surface area (Å²) in [5.41, 5.74) is 1.18. The third kappa shape index (κ3) is 6.63. The van der Waals surface area contributed by atoms with Crippen LogP contribution in [0.15, 0.2) is 30.3 Å². The summed E-state index contributed by atoms with van der Waals surface area (Å²) in [6.45, 7) is 9.54. The zero-order valence-electron chi connectivity index (χ0n) is 21.5. The fourth-order valence-corrected chi connectivity index (χ4v) is 5.81. The second-order valence-electron chi connectivity index (χ2n) is 10.4. The van der Waals surface area contributed by atoms with E-state index in [4.69, 9.17) is 43.3 Å². The summed E-state index contributed by atoms with van der Waals surface area (Å²) in [6.07, 6.45) is 4.28. The van der Waals surface area contributed by atoms with E-state index in [2.05, 4.69) is 45.6 Å². The van der Waals surface area contributed by atoms with Crippen molar-refractivity contribution in [1.82, 2.24) is 15.3 Å². The zero-order chi connectivity index (χ0) is 25.7. The molecule has 3 saturated heterocycles. The molecule has 2 N–H and O–H groups in total. The smallest absolute Gasteiger partial charge is 0.232 e. The van der Waals surface area contributed by atoms with Gasteiger partial charge in [-0.15, -0.1) is 0 Å². The lowest BCUT2D eigenvalue weighted by molar-refractivity contribution is 0.0515. The second kappa shape index (κ2) is 12.1. The predicted molar refractivity (Wildman–Crippen MR) is 153 cm³/mol. The number of aromatic nitrogens is 2. The van der Waals surface area contributed by atoms with Crippen LogP contribution in [0.1, 0.15) is 38.2 Å². The number of nitrogens with one attached hydrogen (secondary N) is 2. The summed E-state index contributed by atoms with van der Waals surface area (Å²) in [5, 5.41) is 8.02. The van der Waals surface area contributed by atoms with Gasteiger partial charge < -0.3 is 29.9 Å². The van der Waals surface area contributed by atoms with Crippen molar-refractivity contribution in [3.05, 3.63) is 40.9 Å². The molecule has 4 heterocycles. The van der Waals surface area contributed by atoms with Gasteiger partial charge in [-0.25, -0.2) is 0 Å². The molecule has 1 aromatic carbocycles. The summed E-state index contributed by atoms with van der Waals surface area (Å²) < 4.78 is 11.2. The topological polar surface area (TPSA) is 74.8 Å². The molecule has 1 aromatic heterocycles. The number of benzene rings is 1. The Bertz CT molecular complexity index is 1060. The molecule has 0 spiro atoms. The van der Waals surface area contributed by atoms with Gasteiger partial charge in [0.15, 0.2) is 5.11 Å². The number of anilines is 3. The standard InChI is InChI=1S/C27H37ClN6O2S/c1-20-3-2-10-34(18-20)24-17-23(33-11-15-36-16-12-33)30-25(31-24)32-26(37)29-19-27(8-13-35-14-9-27)21-4-6-22(28)7-5-21/h4-7,17,20H,2-3,8-16,18-19H2,1H3,(H2,29,30,31,32,37). The van der Waals surface area contributed by atoms with E-state index in [-0.39, 0.29) is 5.41 Å². The number of hydrogen-bond donors (Lipinski definition) is 2. The van der Waals surface area contributed by atoms with Crippen molar-refractivity contribution in [2.24, 2.45) is 5.92 Å². The summed E-state index contributed by atoms with van der Waals surface area (Å²) in [4.78, 5) is 14.4. The first-order valence-corrected chi connectivity index (χ1v) is 14.1. The van der Waals surface area contributed by atoms with Gasteiger partial charge in [0.1, 0.15) is 11.6 Å². The van der Waals surface area contributed by atoms with Crippen LogP contribution in [-0.4, -0.2) is 74.2 Å². The van der Waals surface area contributed by atoms with Crippen LogP contribution < -0.4 is 20.4 Å². The lowest BCUT2D eigenvalue weighted by Crippen LogP contribution is -2.45. The van der Waals surface area contributed by atoms with E-state index in [1.54, 1.807) is 0 Å². The Morgan fingerprint density at radius 2 is 1.70 bits per heavy atom. The summed E-state index contributed by atoms with van der Waals surface area (Å²) in [5.74, 6) is 3.05. The van der Waals surface area contributed by atoms with Crippen molar-refractivity contribution >= 4 is 46.5 Å². The van der Waals surface area contributed by atoms with Gasteiger partial charge in [-0.2, -0.15) is 9.97 Å². The van der Waals surface area contributed by atoms with Crippen LogP contribution in [0.25, 0.3) is 0 Å². The third-order valence-corrected chi connectivity index (χ3v) is 8.23. The maximum Gasteiger partial charge on any atom is 0.232 e. The molecule has 2 aromatic rings. The molecule has 0 amide bonds. The van der Waals surface area contributed by atoms with Gasteiger partial charge >= 0.3 is 0 Å². The van der Waals surface area contributed by atoms with Crippen molar-refractivity contribution in [3.63, 3.8) is 0 Å². The first kappa shape index (κ1) is 26.4. The Balaban J connectivity index is 1.32. The minimum absolute atomic E-state index is 0.0693. The van der Waals surface area contributed by atoms with Crippen molar-refractivity contribution < 1.29 is 9.47 Å². The number of nitrogens with zero attached hydrogens (tertiary/aromatic N) is 4.